The number of hydrogen-bond acceptors (Lipinski definition) is 4. The molecule has 1 aromatic carbocycles. The van der Waals surface area contributed by atoms with Crippen LogP contribution < -0.4 is 16.6 Å². The second-order valence-electron chi connectivity index (χ2n) is 7.18. The van der Waals surface area contributed by atoms with Gasteiger partial charge in [0, 0.05) is 42.5 Å². The van der Waals surface area contributed by atoms with E-state index < -0.39 is 11.8 Å². The van der Waals surface area contributed by atoms with Gasteiger partial charge < -0.3 is 15.6 Å². The number of halogens is 1. The van der Waals surface area contributed by atoms with Crippen LogP contribution in [0.1, 0.15) is 29.8 Å². The molecule has 8 nitrogen and oxygen atoms in total. The lowest BCUT2D eigenvalue weighted by Crippen LogP contribution is -2.28. The highest BCUT2D eigenvalue weighted by atomic mass is 35.5. The van der Waals surface area contributed by atoms with Crippen molar-refractivity contribution in [2.45, 2.75) is 25.8 Å². The maximum Gasteiger partial charge on any atom is 0.294 e. The largest absolute Gasteiger partial charge is 0.370 e. The molecule has 4 rings (SSSR count). The highest BCUT2D eigenvalue weighted by molar-refractivity contribution is 6.33. The predicted molar refractivity (Wildman–Crippen MR) is 109 cm³/mol. The monoisotopic (exact) mass is 413 g/mol. The summed E-state index contributed by atoms with van der Waals surface area (Å²) in [5.74, 6) is -0.516. The smallest absolute Gasteiger partial charge is 0.294 e. The molecule has 0 spiro atoms. The molecule has 0 atom stereocenters. The van der Waals surface area contributed by atoms with Crippen LogP contribution in [-0.2, 0) is 11.3 Å². The Kier molecular flexibility index (Phi) is 5.10. The van der Waals surface area contributed by atoms with E-state index in [0.717, 1.165) is 18.4 Å². The molecule has 2 amide bonds. The molecule has 0 unspecified atom stereocenters. The third kappa shape index (κ3) is 4.02. The topological polar surface area (TPSA) is 111 Å². The van der Waals surface area contributed by atoms with Crippen LogP contribution in [0.2, 0.25) is 5.02 Å². The highest BCUT2D eigenvalue weighted by Crippen LogP contribution is 2.33. The molecule has 1 fully saturated rings. The van der Waals surface area contributed by atoms with Gasteiger partial charge in [0.05, 0.1) is 5.69 Å². The van der Waals surface area contributed by atoms with Gasteiger partial charge in [0.2, 0.25) is 11.6 Å². The van der Waals surface area contributed by atoms with Crippen molar-refractivity contribution in [2.75, 3.05) is 6.54 Å². The first-order valence-corrected chi connectivity index (χ1v) is 9.76. The summed E-state index contributed by atoms with van der Waals surface area (Å²) in [7, 11) is 0. The molecule has 0 bridgehead atoms. The summed E-state index contributed by atoms with van der Waals surface area (Å²) in [5, 5.41) is 3.12. The van der Waals surface area contributed by atoms with Crippen LogP contribution in [-0.4, -0.2) is 32.3 Å². The highest BCUT2D eigenvalue weighted by Gasteiger charge is 2.25. The summed E-state index contributed by atoms with van der Waals surface area (Å²) in [6.07, 6.45) is 5.47. The number of nitrogens with zero attached hydrogens (tertiary/aromatic N) is 3. The summed E-state index contributed by atoms with van der Waals surface area (Å²) in [4.78, 5) is 40.6. The van der Waals surface area contributed by atoms with Crippen LogP contribution in [0.3, 0.4) is 0 Å². The van der Waals surface area contributed by atoms with Crippen molar-refractivity contribution in [3.8, 4) is 11.3 Å². The van der Waals surface area contributed by atoms with Gasteiger partial charge in [-0.15, -0.1) is 0 Å². The number of primary amides is 1. The molecule has 2 heterocycles. The number of amides is 2. The Morgan fingerprint density at radius 3 is 2.69 bits per heavy atom. The van der Waals surface area contributed by atoms with Crippen molar-refractivity contribution in [1.82, 2.24) is 19.3 Å². The number of carbonyl (C=O) groups is 2. The van der Waals surface area contributed by atoms with E-state index in [0.29, 0.717) is 23.2 Å². The lowest BCUT2D eigenvalue weighted by Gasteiger charge is -2.14. The lowest BCUT2D eigenvalue weighted by molar-refractivity contribution is -0.117. The molecule has 3 aromatic rings. The number of nitrogens with one attached hydrogen (secondary N) is 1. The molecule has 29 heavy (non-hydrogen) atoms. The summed E-state index contributed by atoms with van der Waals surface area (Å²) in [6.45, 7) is 0.696. The standard InChI is InChI=1S/C20H20ClN5O3/c21-14-4-2-1-3-13(14)16-11-25-10-15(19(28)23-8-7-17(22)27)24-18(25)20(29)26(16)9-12-5-6-12/h1-4,10-12H,5-9H2,(H2,22,27)(H,23,28). The Balaban J connectivity index is 1.77. The minimum absolute atomic E-state index is 0.0317. The van der Waals surface area contributed by atoms with Crippen LogP contribution in [0.25, 0.3) is 16.9 Å². The molecule has 9 heteroatoms. The number of fused-ring (bicyclic) bond motifs is 1. The zero-order chi connectivity index (χ0) is 20.5. The van der Waals surface area contributed by atoms with Gasteiger partial charge in [-0.3, -0.25) is 18.8 Å². The van der Waals surface area contributed by atoms with E-state index in [1.165, 1.54) is 6.20 Å². The molecule has 2 aromatic heterocycles. The number of hydrogen-bond donors (Lipinski definition) is 2. The van der Waals surface area contributed by atoms with Crippen LogP contribution >= 0.6 is 11.6 Å². The molecular weight excluding hydrogens is 394 g/mol. The molecular formula is C20H20ClN5O3. The first-order valence-electron chi connectivity index (χ1n) is 9.38. The average molecular weight is 414 g/mol. The summed E-state index contributed by atoms with van der Waals surface area (Å²) < 4.78 is 3.24. The van der Waals surface area contributed by atoms with Crippen LogP contribution in [0.4, 0.5) is 0 Å². The molecule has 150 valence electrons. The van der Waals surface area contributed by atoms with E-state index >= 15 is 0 Å². The predicted octanol–water partition coefficient (Wildman–Crippen LogP) is 1.83. The van der Waals surface area contributed by atoms with Crippen molar-refractivity contribution >= 4 is 29.1 Å². The Labute approximate surface area is 171 Å². The minimum Gasteiger partial charge on any atom is -0.370 e. The lowest BCUT2D eigenvalue weighted by atomic mass is 10.1. The minimum atomic E-state index is -0.507. The van der Waals surface area contributed by atoms with E-state index in [9.17, 15) is 14.4 Å². The van der Waals surface area contributed by atoms with Gasteiger partial charge in [-0.2, -0.15) is 0 Å². The van der Waals surface area contributed by atoms with Crippen LogP contribution in [0, 0.1) is 5.92 Å². The third-order valence-corrected chi connectivity index (χ3v) is 5.23. The van der Waals surface area contributed by atoms with Crippen LogP contribution in [0.15, 0.2) is 41.5 Å². The second-order valence-corrected chi connectivity index (χ2v) is 7.59. The molecule has 1 saturated carbocycles. The number of imidazole rings is 1. The summed E-state index contributed by atoms with van der Waals surface area (Å²) >= 11 is 6.38. The van der Waals surface area contributed by atoms with Crippen LogP contribution in [0.5, 0.6) is 0 Å². The van der Waals surface area contributed by atoms with Crippen molar-refractivity contribution < 1.29 is 9.59 Å². The average Bonchev–Trinajstić information content (AvgIpc) is 3.40. The number of nitrogens with two attached hydrogens (primary N) is 1. The quantitative estimate of drug-likeness (QED) is 0.615. The maximum absolute atomic E-state index is 13.2. The normalized spacial score (nSPS) is 13.6. The first-order chi connectivity index (χ1) is 13.9. The Bertz CT molecular complexity index is 1160. The Morgan fingerprint density at radius 1 is 1.24 bits per heavy atom. The van der Waals surface area contributed by atoms with Crippen molar-refractivity contribution in [2.24, 2.45) is 11.7 Å². The van der Waals surface area contributed by atoms with Gasteiger partial charge in [-0.25, -0.2) is 4.98 Å². The van der Waals surface area contributed by atoms with Gasteiger partial charge in [0.1, 0.15) is 5.69 Å². The first kappa shape index (κ1) is 19.2. The van der Waals surface area contributed by atoms with E-state index in [2.05, 4.69) is 10.3 Å². The van der Waals surface area contributed by atoms with Crippen molar-refractivity contribution in [3.05, 3.63) is 57.7 Å². The van der Waals surface area contributed by atoms with Gasteiger partial charge >= 0.3 is 0 Å². The fourth-order valence-corrected chi connectivity index (χ4v) is 3.44. The Morgan fingerprint density at radius 2 is 2.00 bits per heavy atom. The fraction of sp³-hybridized carbons (Fsp3) is 0.300. The van der Waals surface area contributed by atoms with Crippen molar-refractivity contribution in [3.63, 3.8) is 0 Å². The third-order valence-electron chi connectivity index (χ3n) is 4.90. The van der Waals surface area contributed by atoms with Crippen molar-refractivity contribution in [1.29, 1.82) is 0 Å². The molecule has 1 aliphatic rings. The summed E-state index contributed by atoms with van der Waals surface area (Å²) in [6, 6.07) is 7.33. The number of carbonyl (C=O) groups excluding carboxylic acids is 2. The van der Waals surface area contributed by atoms with E-state index in [-0.39, 0.29) is 29.9 Å². The molecule has 0 aliphatic heterocycles. The molecule has 0 saturated heterocycles. The Hall–Kier alpha value is -3.13. The second kappa shape index (κ2) is 7.71. The number of rotatable bonds is 7. The van der Waals surface area contributed by atoms with Gasteiger partial charge in [0.25, 0.3) is 11.5 Å². The number of aromatic nitrogens is 3. The molecule has 1 aliphatic carbocycles. The van der Waals surface area contributed by atoms with E-state index in [4.69, 9.17) is 17.3 Å². The van der Waals surface area contributed by atoms with Gasteiger partial charge in [-0.1, -0.05) is 29.8 Å². The zero-order valence-corrected chi connectivity index (χ0v) is 16.4. The number of benzene rings is 1. The maximum atomic E-state index is 13.2. The zero-order valence-electron chi connectivity index (χ0n) is 15.6. The van der Waals surface area contributed by atoms with E-state index in [1.807, 2.05) is 18.2 Å². The molecule has 3 N–H and O–H groups in total. The van der Waals surface area contributed by atoms with Gasteiger partial charge in [0.15, 0.2) is 0 Å². The summed E-state index contributed by atoms with van der Waals surface area (Å²) in [5.41, 5.74) is 6.50. The van der Waals surface area contributed by atoms with Gasteiger partial charge in [-0.05, 0) is 24.8 Å². The van der Waals surface area contributed by atoms with E-state index in [1.54, 1.807) is 21.2 Å². The fourth-order valence-electron chi connectivity index (χ4n) is 3.20. The SMILES string of the molecule is NC(=O)CCNC(=O)c1cn2cc(-c3ccccc3Cl)n(CC3CC3)c(=O)c2n1. The molecule has 0 radical (unpaired) electrons.